The van der Waals surface area contributed by atoms with Crippen molar-refractivity contribution in [3.05, 3.63) is 0 Å². The molecule has 1 N–H and O–H groups in total. The summed E-state index contributed by atoms with van der Waals surface area (Å²) in [5, 5.41) is 2.88. The molecular weight excluding hydrogens is 114 g/mol. The highest BCUT2D eigenvalue weighted by atomic mass is 16.1. The number of amides is 1. The molecule has 0 spiro atoms. The fourth-order valence-corrected chi connectivity index (χ4v) is 1.34. The largest absolute Gasteiger partial charge is 0.353 e. The molecule has 1 fully saturated rings. The van der Waals surface area contributed by atoms with E-state index in [2.05, 4.69) is 19.2 Å². The average Bonchev–Trinajstić information content (AvgIpc) is 2.10. The van der Waals surface area contributed by atoms with Gasteiger partial charge in [0.1, 0.15) is 0 Å². The first kappa shape index (κ1) is 6.59. The third-order valence-corrected chi connectivity index (χ3v) is 2.07. The molecule has 0 radical (unpaired) electrons. The van der Waals surface area contributed by atoms with Crippen LogP contribution in [0, 0.1) is 5.92 Å². The summed E-state index contributed by atoms with van der Waals surface area (Å²) >= 11 is 0. The first-order valence-corrected chi connectivity index (χ1v) is 3.53. The third-order valence-electron chi connectivity index (χ3n) is 2.07. The van der Waals surface area contributed by atoms with Crippen LogP contribution in [0.4, 0.5) is 0 Å². The molecule has 1 saturated heterocycles. The number of hydrogen-bond acceptors (Lipinski definition) is 1. The molecular formula is C7H13NO. The van der Waals surface area contributed by atoms with Gasteiger partial charge in [-0.05, 0) is 12.8 Å². The van der Waals surface area contributed by atoms with E-state index in [1.54, 1.807) is 0 Å². The molecule has 1 aliphatic heterocycles. The van der Waals surface area contributed by atoms with Crippen LogP contribution in [0.1, 0.15) is 26.7 Å². The van der Waals surface area contributed by atoms with E-state index in [1.165, 1.54) is 0 Å². The Hall–Kier alpha value is -0.530. The number of carbonyl (C=O) groups excluding carboxylic acids is 1. The zero-order valence-electron chi connectivity index (χ0n) is 5.98. The number of rotatable bonds is 1. The van der Waals surface area contributed by atoms with E-state index in [4.69, 9.17) is 0 Å². The monoisotopic (exact) mass is 127 g/mol. The smallest absolute Gasteiger partial charge is 0.220 e. The molecule has 0 aromatic carbocycles. The van der Waals surface area contributed by atoms with Crippen molar-refractivity contribution in [1.82, 2.24) is 5.32 Å². The summed E-state index contributed by atoms with van der Waals surface area (Å²) in [5.41, 5.74) is 0. The molecule has 0 bridgehead atoms. The van der Waals surface area contributed by atoms with Gasteiger partial charge in [-0.1, -0.05) is 13.3 Å². The molecule has 0 aromatic rings. The zero-order valence-corrected chi connectivity index (χ0v) is 5.98. The highest BCUT2D eigenvalue weighted by Crippen LogP contribution is 2.18. The second-order valence-corrected chi connectivity index (χ2v) is 2.73. The molecule has 0 aliphatic carbocycles. The Morgan fingerprint density at radius 3 is 2.67 bits per heavy atom. The lowest BCUT2D eigenvalue weighted by Crippen LogP contribution is -2.24. The van der Waals surface area contributed by atoms with Crippen LogP contribution in [0.15, 0.2) is 0 Å². The Kier molecular flexibility index (Phi) is 1.74. The second-order valence-electron chi connectivity index (χ2n) is 2.73. The first-order valence-electron chi connectivity index (χ1n) is 3.53. The molecule has 1 heterocycles. The summed E-state index contributed by atoms with van der Waals surface area (Å²) in [7, 11) is 0. The molecule has 1 amide bonds. The molecule has 1 aliphatic rings. The topological polar surface area (TPSA) is 29.1 Å². The van der Waals surface area contributed by atoms with Gasteiger partial charge in [0.25, 0.3) is 0 Å². The van der Waals surface area contributed by atoms with Gasteiger partial charge in [0, 0.05) is 12.5 Å². The van der Waals surface area contributed by atoms with Gasteiger partial charge in [-0.3, -0.25) is 4.79 Å². The van der Waals surface area contributed by atoms with Crippen LogP contribution in [0.3, 0.4) is 0 Å². The van der Waals surface area contributed by atoms with E-state index in [0.29, 0.717) is 12.0 Å². The van der Waals surface area contributed by atoms with Crippen LogP contribution >= 0.6 is 0 Å². The van der Waals surface area contributed by atoms with Crippen LogP contribution in [0.25, 0.3) is 0 Å². The Morgan fingerprint density at radius 2 is 2.44 bits per heavy atom. The van der Waals surface area contributed by atoms with Gasteiger partial charge in [0.15, 0.2) is 0 Å². The predicted octanol–water partition coefficient (Wildman–Crippen LogP) is 0.921. The van der Waals surface area contributed by atoms with E-state index in [9.17, 15) is 4.79 Å². The summed E-state index contributed by atoms with van der Waals surface area (Å²) in [4.78, 5) is 10.7. The van der Waals surface area contributed by atoms with Gasteiger partial charge in [-0.2, -0.15) is 0 Å². The lowest BCUT2D eigenvalue weighted by Gasteiger charge is -2.09. The summed E-state index contributed by atoms with van der Waals surface area (Å²) in [5.74, 6) is 0.798. The maximum absolute atomic E-state index is 10.7. The molecule has 52 valence electrons. The summed E-state index contributed by atoms with van der Waals surface area (Å²) < 4.78 is 0. The van der Waals surface area contributed by atoms with Crippen molar-refractivity contribution >= 4 is 5.91 Å². The fourth-order valence-electron chi connectivity index (χ4n) is 1.34. The van der Waals surface area contributed by atoms with Crippen molar-refractivity contribution in [3.63, 3.8) is 0 Å². The average molecular weight is 127 g/mol. The van der Waals surface area contributed by atoms with Crippen LogP contribution in [0.2, 0.25) is 0 Å². The predicted molar refractivity (Wildman–Crippen MR) is 36.0 cm³/mol. The van der Waals surface area contributed by atoms with Crippen molar-refractivity contribution in [2.45, 2.75) is 32.7 Å². The van der Waals surface area contributed by atoms with Gasteiger partial charge in [0.2, 0.25) is 5.91 Å². The molecule has 2 nitrogen and oxygen atoms in total. The number of carbonyl (C=O) groups is 1. The minimum Gasteiger partial charge on any atom is -0.353 e. The summed E-state index contributed by atoms with van der Waals surface area (Å²) in [6.45, 7) is 4.19. The van der Waals surface area contributed by atoms with Crippen LogP contribution in [-0.2, 0) is 4.79 Å². The van der Waals surface area contributed by atoms with E-state index in [1.807, 2.05) is 0 Å². The fraction of sp³-hybridized carbons (Fsp3) is 0.857. The first-order chi connectivity index (χ1) is 4.24. The van der Waals surface area contributed by atoms with Gasteiger partial charge in [-0.25, -0.2) is 0 Å². The number of nitrogens with one attached hydrogen (secondary N) is 1. The molecule has 0 saturated carbocycles. The van der Waals surface area contributed by atoms with Crippen molar-refractivity contribution < 1.29 is 4.79 Å². The normalized spacial score (nSPS) is 34.7. The Balaban J connectivity index is 2.47. The van der Waals surface area contributed by atoms with Crippen LogP contribution < -0.4 is 5.32 Å². The van der Waals surface area contributed by atoms with E-state index < -0.39 is 0 Å². The van der Waals surface area contributed by atoms with Crippen LogP contribution in [0.5, 0.6) is 0 Å². The summed E-state index contributed by atoms with van der Waals surface area (Å²) in [6, 6.07) is 0.405. The highest BCUT2D eigenvalue weighted by Gasteiger charge is 2.26. The van der Waals surface area contributed by atoms with Crippen molar-refractivity contribution in [2.75, 3.05) is 0 Å². The maximum Gasteiger partial charge on any atom is 0.220 e. The minimum atomic E-state index is 0.217. The van der Waals surface area contributed by atoms with E-state index in [0.717, 1.165) is 12.8 Å². The Bertz CT molecular complexity index is 122. The van der Waals surface area contributed by atoms with E-state index in [-0.39, 0.29) is 5.91 Å². The quantitative estimate of drug-likeness (QED) is 0.557. The zero-order chi connectivity index (χ0) is 6.85. The van der Waals surface area contributed by atoms with Gasteiger partial charge in [0.05, 0.1) is 0 Å². The van der Waals surface area contributed by atoms with E-state index >= 15 is 0 Å². The Labute approximate surface area is 55.6 Å². The molecule has 2 heteroatoms. The SMILES string of the molecule is CC[C@@H]1CC(=O)NC1C. The molecule has 9 heavy (non-hydrogen) atoms. The third kappa shape index (κ3) is 1.23. The minimum absolute atomic E-state index is 0.217. The lowest BCUT2D eigenvalue weighted by atomic mass is 9.99. The summed E-state index contributed by atoms with van der Waals surface area (Å²) in [6.07, 6.45) is 1.84. The Morgan fingerprint density at radius 1 is 1.78 bits per heavy atom. The van der Waals surface area contributed by atoms with Gasteiger partial charge >= 0.3 is 0 Å². The molecule has 0 aromatic heterocycles. The molecule has 1 unspecified atom stereocenters. The number of hydrogen-bond donors (Lipinski definition) is 1. The second kappa shape index (κ2) is 2.38. The molecule has 2 atom stereocenters. The van der Waals surface area contributed by atoms with Crippen molar-refractivity contribution in [2.24, 2.45) is 5.92 Å². The lowest BCUT2D eigenvalue weighted by molar-refractivity contribution is -0.119. The molecule has 1 rings (SSSR count). The van der Waals surface area contributed by atoms with Crippen molar-refractivity contribution in [3.8, 4) is 0 Å². The maximum atomic E-state index is 10.7. The highest BCUT2D eigenvalue weighted by molar-refractivity contribution is 5.78. The van der Waals surface area contributed by atoms with Gasteiger partial charge < -0.3 is 5.32 Å². The van der Waals surface area contributed by atoms with Crippen LogP contribution in [-0.4, -0.2) is 11.9 Å². The standard InChI is InChI=1S/C7H13NO/c1-3-6-4-7(9)8-5(6)2/h5-6H,3-4H2,1-2H3,(H,8,9)/t5?,6-/m1/s1. The van der Waals surface area contributed by atoms with Crippen molar-refractivity contribution in [1.29, 1.82) is 0 Å². The van der Waals surface area contributed by atoms with Gasteiger partial charge in [-0.15, -0.1) is 0 Å².